The van der Waals surface area contributed by atoms with Gasteiger partial charge >= 0.3 is 0 Å². The summed E-state index contributed by atoms with van der Waals surface area (Å²) in [6.45, 7) is 0. The second-order valence-electron chi connectivity index (χ2n) is 4.45. The number of benzene rings is 1. The van der Waals surface area contributed by atoms with Gasteiger partial charge in [-0.2, -0.15) is 5.10 Å². The fourth-order valence-electron chi connectivity index (χ4n) is 2.14. The predicted molar refractivity (Wildman–Crippen MR) is 84.0 cm³/mol. The van der Waals surface area contributed by atoms with Crippen molar-refractivity contribution in [1.82, 2.24) is 9.78 Å². The van der Waals surface area contributed by atoms with Crippen LogP contribution >= 0.6 is 27.3 Å². The van der Waals surface area contributed by atoms with E-state index in [0.29, 0.717) is 15.9 Å². The molecule has 0 aliphatic rings. The Morgan fingerprint density at radius 1 is 1.24 bits per heavy atom. The molecule has 0 bridgehead atoms. The van der Waals surface area contributed by atoms with Crippen LogP contribution in [-0.4, -0.2) is 9.78 Å². The zero-order valence-corrected chi connectivity index (χ0v) is 13.3. The summed E-state index contributed by atoms with van der Waals surface area (Å²) in [6, 6.07) is 6.11. The fourth-order valence-corrected chi connectivity index (χ4v) is 3.33. The van der Waals surface area contributed by atoms with Crippen LogP contribution in [0.1, 0.15) is 0 Å². The van der Waals surface area contributed by atoms with Gasteiger partial charge in [-0.05, 0) is 23.6 Å². The van der Waals surface area contributed by atoms with Gasteiger partial charge in [0.1, 0.15) is 23.1 Å². The zero-order valence-electron chi connectivity index (χ0n) is 10.9. The second-order valence-corrected chi connectivity index (χ2v) is 6.32. The first kappa shape index (κ1) is 14.2. The standard InChI is InChI=1S/C14H10BrF2N3S/c1-20-14(18)12(10-3-2-4-21-10)13(19-20)11-8(16)5-7(15)6-9(11)17/h2-6H,18H2,1H3. The number of thiophene rings is 1. The Hall–Kier alpha value is -1.73. The topological polar surface area (TPSA) is 43.8 Å². The van der Waals surface area contributed by atoms with Crippen molar-refractivity contribution in [3.63, 3.8) is 0 Å². The van der Waals surface area contributed by atoms with Crippen molar-refractivity contribution in [2.75, 3.05) is 5.73 Å². The highest BCUT2D eigenvalue weighted by Crippen LogP contribution is 2.40. The molecule has 0 fully saturated rings. The van der Waals surface area contributed by atoms with Gasteiger partial charge in [0.25, 0.3) is 0 Å². The van der Waals surface area contributed by atoms with E-state index in [4.69, 9.17) is 5.73 Å². The normalized spacial score (nSPS) is 11.0. The number of hydrogen-bond acceptors (Lipinski definition) is 3. The van der Waals surface area contributed by atoms with Gasteiger partial charge in [0, 0.05) is 16.4 Å². The number of nitrogens with two attached hydrogens (primary N) is 1. The van der Waals surface area contributed by atoms with E-state index in [0.717, 1.165) is 4.88 Å². The lowest BCUT2D eigenvalue weighted by molar-refractivity contribution is 0.586. The van der Waals surface area contributed by atoms with Crippen LogP contribution < -0.4 is 5.73 Å². The molecule has 3 nitrogen and oxygen atoms in total. The van der Waals surface area contributed by atoms with Crippen LogP contribution in [0.5, 0.6) is 0 Å². The van der Waals surface area contributed by atoms with Crippen LogP contribution in [-0.2, 0) is 7.05 Å². The monoisotopic (exact) mass is 369 g/mol. The van der Waals surface area contributed by atoms with Crippen molar-refractivity contribution in [3.05, 3.63) is 45.8 Å². The summed E-state index contributed by atoms with van der Waals surface area (Å²) in [4.78, 5) is 0.817. The van der Waals surface area contributed by atoms with E-state index in [-0.39, 0.29) is 11.3 Å². The lowest BCUT2D eigenvalue weighted by Crippen LogP contribution is -1.97. The molecule has 7 heteroatoms. The number of hydrogen-bond donors (Lipinski definition) is 1. The Morgan fingerprint density at radius 2 is 1.90 bits per heavy atom. The Balaban J connectivity index is 2.32. The Bertz CT molecular complexity index is 789. The average Bonchev–Trinajstić information content (AvgIpc) is 2.98. The summed E-state index contributed by atoms with van der Waals surface area (Å²) in [5.74, 6) is -0.996. The maximum Gasteiger partial charge on any atom is 0.136 e. The molecule has 0 saturated heterocycles. The van der Waals surface area contributed by atoms with Crippen LogP contribution in [0.25, 0.3) is 21.7 Å². The fraction of sp³-hybridized carbons (Fsp3) is 0.0714. The summed E-state index contributed by atoms with van der Waals surface area (Å²) in [5, 5.41) is 6.07. The first-order valence-corrected chi connectivity index (χ1v) is 7.67. The third-order valence-corrected chi connectivity index (χ3v) is 4.45. The molecular weight excluding hydrogens is 360 g/mol. The average molecular weight is 370 g/mol. The highest BCUT2D eigenvalue weighted by atomic mass is 79.9. The zero-order chi connectivity index (χ0) is 15.1. The summed E-state index contributed by atoms with van der Waals surface area (Å²) in [5.41, 5.74) is 6.60. The molecule has 3 aromatic rings. The Morgan fingerprint density at radius 3 is 2.48 bits per heavy atom. The maximum absolute atomic E-state index is 14.2. The van der Waals surface area contributed by atoms with Crippen molar-refractivity contribution < 1.29 is 8.78 Å². The second kappa shape index (κ2) is 5.23. The largest absolute Gasteiger partial charge is 0.383 e. The molecule has 2 heterocycles. The molecule has 0 aliphatic heterocycles. The van der Waals surface area contributed by atoms with E-state index >= 15 is 0 Å². The number of aryl methyl sites for hydroxylation is 1. The van der Waals surface area contributed by atoms with Gasteiger partial charge in [0.2, 0.25) is 0 Å². The molecule has 0 unspecified atom stereocenters. The molecule has 2 N–H and O–H groups in total. The lowest BCUT2D eigenvalue weighted by Gasteiger charge is -2.05. The van der Waals surface area contributed by atoms with E-state index in [1.165, 1.54) is 28.2 Å². The van der Waals surface area contributed by atoms with Gasteiger partial charge in [0.15, 0.2) is 0 Å². The smallest absolute Gasteiger partial charge is 0.136 e. The summed E-state index contributed by atoms with van der Waals surface area (Å²) >= 11 is 4.51. The molecule has 21 heavy (non-hydrogen) atoms. The molecule has 1 aromatic carbocycles. The van der Waals surface area contributed by atoms with Gasteiger partial charge in [-0.3, -0.25) is 4.68 Å². The first-order valence-electron chi connectivity index (χ1n) is 6.00. The minimum absolute atomic E-state index is 0.172. The Kier molecular flexibility index (Phi) is 3.54. The van der Waals surface area contributed by atoms with Crippen LogP contribution in [0.3, 0.4) is 0 Å². The molecular formula is C14H10BrF2N3S. The maximum atomic E-state index is 14.2. The molecule has 108 valence electrons. The summed E-state index contributed by atoms with van der Waals surface area (Å²) < 4.78 is 30.2. The lowest BCUT2D eigenvalue weighted by atomic mass is 10.1. The van der Waals surface area contributed by atoms with Crippen molar-refractivity contribution in [3.8, 4) is 21.7 Å². The number of anilines is 1. The van der Waals surface area contributed by atoms with Crippen molar-refractivity contribution in [2.45, 2.75) is 0 Å². The third kappa shape index (κ3) is 2.36. The predicted octanol–water partition coefficient (Wildman–Crippen LogP) is 4.44. The third-order valence-electron chi connectivity index (χ3n) is 3.10. The molecule has 0 atom stereocenters. The van der Waals surface area contributed by atoms with Crippen molar-refractivity contribution >= 4 is 33.1 Å². The van der Waals surface area contributed by atoms with Gasteiger partial charge in [-0.25, -0.2) is 8.78 Å². The minimum Gasteiger partial charge on any atom is -0.383 e. The van der Waals surface area contributed by atoms with Gasteiger partial charge in [-0.1, -0.05) is 22.0 Å². The summed E-state index contributed by atoms with van der Waals surface area (Å²) in [7, 11) is 1.64. The molecule has 0 amide bonds. The number of nitrogens with zero attached hydrogens (tertiary/aromatic N) is 2. The molecule has 0 spiro atoms. The van der Waals surface area contributed by atoms with E-state index in [2.05, 4.69) is 21.0 Å². The molecule has 2 aromatic heterocycles. The van der Waals surface area contributed by atoms with E-state index in [1.807, 2.05) is 17.5 Å². The minimum atomic E-state index is -0.683. The van der Waals surface area contributed by atoms with Gasteiger partial charge in [0.05, 0.1) is 11.1 Å². The SMILES string of the molecule is Cn1nc(-c2c(F)cc(Br)cc2F)c(-c2cccs2)c1N. The number of nitrogen functional groups attached to an aromatic ring is 1. The van der Waals surface area contributed by atoms with Crippen LogP contribution in [0.15, 0.2) is 34.1 Å². The number of halogens is 3. The quantitative estimate of drug-likeness (QED) is 0.725. The molecule has 0 radical (unpaired) electrons. The highest BCUT2D eigenvalue weighted by Gasteiger charge is 2.23. The van der Waals surface area contributed by atoms with Crippen LogP contribution in [0.2, 0.25) is 0 Å². The molecule has 0 saturated carbocycles. The summed E-state index contributed by atoms with van der Waals surface area (Å²) in [6.07, 6.45) is 0. The van der Waals surface area contributed by atoms with E-state index in [9.17, 15) is 8.78 Å². The molecule has 0 aliphatic carbocycles. The van der Waals surface area contributed by atoms with Gasteiger partial charge < -0.3 is 5.73 Å². The molecule has 3 rings (SSSR count). The van der Waals surface area contributed by atoms with Crippen LogP contribution in [0, 0.1) is 11.6 Å². The number of rotatable bonds is 2. The van der Waals surface area contributed by atoms with Gasteiger partial charge in [-0.15, -0.1) is 11.3 Å². The van der Waals surface area contributed by atoms with Crippen LogP contribution in [0.4, 0.5) is 14.6 Å². The van der Waals surface area contributed by atoms with E-state index < -0.39 is 11.6 Å². The first-order chi connectivity index (χ1) is 9.99. The van der Waals surface area contributed by atoms with E-state index in [1.54, 1.807) is 7.05 Å². The van der Waals surface area contributed by atoms with Crippen molar-refractivity contribution in [2.24, 2.45) is 7.05 Å². The van der Waals surface area contributed by atoms with Crippen molar-refractivity contribution in [1.29, 1.82) is 0 Å². The number of aromatic nitrogens is 2. The Labute approximate surface area is 132 Å². The highest BCUT2D eigenvalue weighted by molar-refractivity contribution is 9.10.